The van der Waals surface area contributed by atoms with Crippen LogP contribution >= 0.6 is 27.5 Å². The van der Waals surface area contributed by atoms with Gasteiger partial charge in [0.15, 0.2) is 0 Å². The quantitative estimate of drug-likeness (QED) is 0.725. The summed E-state index contributed by atoms with van der Waals surface area (Å²) in [5.41, 5.74) is 1.91. The lowest BCUT2D eigenvalue weighted by Crippen LogP contribution is -1.96. The zero-order chi connectivity index (χ0) is 13.0. The molecule has 0 unspecified atom stereocenters. The van der Waals surface area contributed by atoms with Gasteiger partial charge >= 0.3 is 0 Å². The molecule has 94 valence electrons. The summed E-state index contributed by atoms with van der Waals surface area (Å²) in [6, 6.07) is 12.4. The minimum atomic E-state index is -0.275. The van der Waals surface area contributed by atoms with Gasteiger partial charge in [-0.25, -0.2) is 4.39 Å². The Morgan fingerprint density at radius 1 is 1.11 bits per heavy atom. The summed E-state index contributed by atoms with van der Waals surface area (Å²) >= 11 is 8.90. The van der Waals surface area contributed by atoms with Crippen LogP contribution in [0.2, 0.25) is 0 Å². The van der Waals surface area contributed by atoms with Crippen LogP contribution in [0.15, 0.2) is 46.9 Å². The van der Waals surface area contributed by atoms with Crippen LogP contribution in [0.5, 0.6) is 5.75 Å². The Hall–Kier alpha value is -1.06. The Balaban J connectivity index is 2.04. The van der Waals surface area contributed by atoms with Gasteiger partial charge in [0.25, 0.3) is 0 Å². The van der Waals surface area contributed by atoms with Crippen molar-refractivity contribution >= 4 is 27.5 Å². The van der Waals surface area contributed by atoms with Crippen molar-refractivity contribution in [1.29, 1.82) is 0 Å². The third-order valence-corrected chi connectivity index (χ3v) is 3.36. The summed E-state index contributed by atoms with van der Waals surface area (Å²) in [6.45, 7) is 0.393. The molecule has 0 radical (unpaired) electrons. The maximum atomic E-state index is 13.1. The average Bonchev–Trinajstić information content (AvgIpc) is 2.40. The summed E-state index contributed by atoms with van der Waals surface area (Å²) in [4.78, 5) is 0. The first-order valence-corrected chi connectivity index (χ1v) is 6.73. The lowest BCUT2D eigenvalue weighted by Gasteiger charge is -2.08. The van der Waals surface area contributed by atoms with Gasteiger partial charge in [-0.05, 0) is 51.3 Å². The summed E-state index contributed by atoms with van der Waals surface area (Å²) in [5, 5.41) is 0. The molecule has 0 fully saturated rings. The van der Waals surface area contributed by atoms with Crippen LogP contribution in [-0.4, -0.2) is 0 Å². The molecule has 0 bridgehead atoms. The fraction of sp³-hybridized carbons (Fsp3) is 0.143. The standard InChI is InChI=1S/C14H11BrClFO/c15-13-7-11(4-5-14(13)17)9-18-12-3-1-2-10(6-12)8-16/h1-7H,8-9H2. The third kappa shape index (κ3) is 3.47. The molecule has 0 atom stereocenters. The Kier molecular flexibility index (Phi) is 4.61. The van der Waals surface area contributed by atoms with E-state index >= 15 is 0 Å². The second-order valence-electron chi connectivity index (χ2n) is 3.82. The van der Waals surface area contributed by atoms with Crippen molar-refractivity contribution in [3.8, 4) is 5.75 Å². The first-order chi connectivity index (χ1) is 8.69. The molecule has 4 heteroatoms. The van der Waals surface area contributed by atoms with E-state index in [1.54, 1.807) is 12.1 Å². The molecule has 2 rings (SSSR count). The average molecular weight is 330 g/mol. The maximum Gasteiger partial charge on any atom is 0.137 e. The van der Waals surface area contributed by atoms with E-state index in [2.05, 4.69) is 15.9 Å². The van der Waals surface area contributed by atoms with Gasteiger partial charge < -0.3 is 4.74 Å². The number of alkyl halides is 1. The molecule has 18 heavy (non-hydrogen) atoms. The van der Waals surface area contributed by atoms with E-state index < -0.39 is 0 Å². The Morgan fingerprint density at radius 3 is 2.67 bits per heavy atom. The molecule has 0 aliphatic heterocycles. The zero-order valence-electron chi connectivity index (χ0n) is 9.50. The maximum absolute atomic E-state index is 13.1. The summed E-state index contributed by atoms with van der Waals surface area (Å²) in [6.07, 6.45) is 0. The highest BCUT2D eigenvalue weighted by Gasteiger charge is 2.02. The van der Waals surface area contributed by atoms with Crippen LogP contribution in [0.3, 0.4) is 0 Å². The zero-order valence-corrected chi connectivity index (χ0v) is 11.8. The van der Waals surface area contributed by atoms with Gasteiger partial charge in [0.2, 0.25) is 0 Å². The molecular weight excluding hydrogens is 319 g/mol. The fourth-order valence-electron chi connectivity index (χ4n) is 1.51. The van der Waals surface area contributed by atoms with E-state index in [1.807, 2.05) is 24.3 Å². The van der Waals surface area contributed by atoms with Gasteiger partial charge in [-0.1, -0.05) is 18.2 Å². The molecule has 0 spiro atoms. The monoisotopic (exact) mass is 328 g/mol. The third-order valence-electron chi connectivity index (χ3n) is 2.44. The molecule has 0 saturated heterocycles. The lowest BCUT2D eigenvalue weighted by molar-refractivity contribution is 0.305. The second kappa shape index (κ2) is 6.21. The molecule has 0 aromatic heterocycles. The Labute approximate surface area is 119 Å². The van der Waals surface area contributed by atoms with Crippen LogP contribution in [0.25, 0.3) is 0 Å². The smallest absolute Gasteiger partial charge is 0.137 e. The van der Waals surface area contributed by atoms with E-state index in [9.17, 15) is 4.39 Å². The molecule has 1 nitrogen and oxygen atoms in total. The summed E-state index contributed by atoms with van der Waals surface area (Å²) in [7, 11) is 0. The van der Waals surface area contributed by atoms with E-state index in [4.69, 9.17) is 16.3 Å². The highest BCUT2D eigenvalue weighted by molar-refractivity contribution is 9.10. The Bertz CT molecular complexity index is 545. The number of hydrogen-bond acceptors (Lipinski definition) is 1. The molecule has 0 aliphatic carbocycles. The van der Waals surface area contributed by atoms with Gasteiger partial charge in [-0.2, -0.15) is 0 Å². The normalized spacial score (nSPS) is 10.4. The van der Waals surface area contributed by atoms with Crippen molar-refractivity contribution < 1.29 is 9.13 Å². The van der Waals surface area contributed by atoms with Crippen LogP contribution in [-0.2, 0) is 12.5 Å². The Morgan fingerprint density at radius 2 is 1.94 bits per heavy atom. The molecule has 2 aromatic rings. The first kappa shape index (κ1) is 13.4. The second-order valence-corrected chi connectivity index (χ2v) is 4.94. The molecule has 0 heterocycles. The first-order valence-electron chi connectivity index (χ1n) is 5.40. The SMILES string of the molecule is Fc1ccc(COc2cccc(CCl)c2)cc1Br. The van der Waals surface area contributed by atoms with E-state index in [1.165, 1.54) is 6.07 Å². The van der Waals surface area contributed by atoms with Crippen molar-refractivity contribution in [2.45, 2.75) is 12.5 Å². The minimum absolute atomic E-state index is 0.275. The number of benzene rings is 2. The number of ether oxygens (including phenoxy) is 1. The highest BCUT2D eigenvalue weighted by Crippen LogP contribution is 2.19. The van der Waals surface area contributed by atoms with Crippen LogP contribution in [0.1, 0.15) is 11.1 Å². The van der Waals surface area contributed by atoms with Gasteiger partial charge in [0, 0.05) is 5.88 Å². The van der Waals surface area contributed by atoms with Gasteiger partial charge in [-0.3, -0.25) is 0 Å². The van der Waals surface area contributed by atoms with Gasteiger partial charge in [0.1, 0.15) is 18.2 Å². The van der Waals surface area contributed by atoms with E-state index in [-0.39, 0.29) is 5.82 Å². The van der Waals surface area contributed by atoms with E-state index in [0.717, 1.165) is 16.9 Å². The van der Waals surface area contributed by atoms with Crippen molar-refractivity contribution in [2.24, 2.45) is 0 Å². The van der Waals surface area contributed by atoms with Crippen molar-refractivity contribution in [3.63, 3.8) is 0 Å². The molecule has 0 N–H and O–H groups in total. The number of rotatable bonds is 4. The van der Waals surface area contributed by atoms with Crippen LogP contribution in [0, 0.1) is 5.82 Å². The van der Waals surface area contributed by atoms with Crippen LogP contribution < -0.4 is 4.74 Å². The summed E-state index contributed by atoms with van der Waals surface area (Å²) < 4.78 is 19.1. The van der Waals surface area contributed by atoms with Gasteiger partial charge in [0.05, 0.1) is 4.47 Å². The molecule has 2 aromatic carbocycles. The van der Waals surface area contributed by atoms with Crippen molar-refractivity contribution in [1.82, 2.24) is 0 Å². The largest absolute Gasteiger partial charge is 0.489 e. The molecule has 0 aliphatic rings. The van der Waals surface area contributed by atoms with Crippen LogP contribution in [0.4, 0.5) is 4.39 Å². The fourth-order valence-corrected chi connectivity index (χ4v) is 2.11. The minimum Gasteiger partial charge on any atom is -0.489 e. The van der Waals surface area contributed by atoms with E-state index in [0.29, 0.717) is 17.0 Å². The lowest BCUT2D eigenvalue weighted by atomic mass is 10.2. The van der Waals surface area contributed by atoms with Gasteiger partial charge in [-0.15, -0.1) is 11.6 Å². The topological polar surface area (TPSA) is 9.23 Å². The molecular formula is C14H11BrClFO. The predicted molar refractivity (Wildman–Crippen MR) is 74.4 cm³/mol. The molecule has 0 amide bonds. The van der Waals surface area contributed by atoms with Crippen molar-refractivity contribution in [2.75, 3.05) is 0 Å². The number of hydrogen-bond donors (Lipinski definition) is 0. The predicted octanol–water partition coefficient (Wildman–Crippen LogP) is 4.91. The highest BCUT2D eigenvalue weighted by atomic mass is 79.9. The molecule has 0 saturated carbocycles. The van der Waals surface area contributed by atoms with Crippen molar-refractivity contribution in [3.05, 3.63) is 63.9 Å². The summed E-state index contributed by atoms with van der Waals surface area (Å²) in [5.74, 6) is 0.940. The number of halogens is 3.